The highest BCUT2D eigenvalue weighted by atomic mass is 19.1. The van der Waals surface area contributed by atoms with Crippen LogP contribution in [0.5, 0.6) is 0 Å². The van der Waals surface area contributed by atoms with Crippen LogP contribution >= 0.6 is 0 Å². The Morgan fingerprint density at radius 1 is 1.29 bits per heavy atom. The lowest BCUT2D eigenvalue weighted by atomic mass is 10.1. The van der Waals surface area contributed by atoms with Crippen molar-refractivity contribution in [3.63, 3.8) is 0 Å². The molecule has 0 bridgehead atoms. The van der Waals surface area contributed by atoms with Crippen LogP contribution in [0.25, 0.3) is 10.9 Å². The third-order valence-electron chi connectivity index (χ3n) is 2.05. The number of anilines is 2. The fraction of sp³-hybridized carbons (Fsp3) is 0. The van der Waals surface area contributed by atoms with Crippen LogP contribution < -0.4 is 17.0 Å². The molecule has 0 spiro atoms. The molecule has 2 aromatic rings. The van der Waals surface area contributed by atoms with E-state index in [2.05, 4.69) is 4.98 Å². The van der Waals surface area contributed by atoms with Crippen LogP contribution in [0.4, 0.5) is 15.8 Å². The summed E-state index contributed by atoms with van der Waals surface area (Å²) >= 11 is 0. The number of halogens is 1. The smallest absolute Gasteiger partial charge is 0.284 e. The van der Waals surface area contributed by atoms with Gasteiger partial charge in [-0.05, 0) is 12.1 Å². The number of nitrogens with one attached hydrogen (secondary N) is 1. The van der Waals surface area contributed by atoms with Gasteiger partial charge in [0.05, 0.1) is 16.9 Å². The zero-order valence-corrected chi connectivity index (χ0v) is 7.17. The molecule has 0 fully saturated rings. The van der Waals surface area contributed by atoms with Crippen molar-refractivity contribution in [1.29, 1.82) is 0 Å². The van der Waals surface area contributed by atoms with E-state index in [4.69, 9.17) is 11.5 Å². The minimum absolute atomic E-state index is 0.264. The van der Waals surface area contributed by atoms with Crippen molar-refractivity contribution in [3.8, 4) is 0 Å². The Morgan fingerprint density at radius 3 is 2.71 bits per heavy atom. The first-order chi connectivity index (χ1) is 6.59. The molecule has 5 heteroatoms. The predicted octanol–water partition coefficient (Wildman–Crippen LogP) is 0.832. The highest BCUT2D eigenvalue weighted by Crippen LogP contribution is 2.23. The molecular formula is C9H8FN3O. The first-order valence-electron chi connectivity index (χ1n) is 3.96. The molecule has 0 saturated heterocycles. The third-order valence-corrected chi connectivity index (χ3v) is 2.05. The van der Waals surface area contributed by atoms with Gasteiger partial charge in [-0.15, -0.1) is 0 Å². The second-order valence-electron chi connectivity index (χ2n) is 2.98. The van der Waals surface area contributed by atoms with Crippen molar-refractivity contribution >= 4 is 22.3 Å². The van der Waals surface area contributed by atoms with E-state index < -0.39 is 11.4 Å². The van der Waals surface area contributed by atoms with Gasteiger partial charge in [0.2, 0.25) is 0 Å². The highest BCUT2D eigenvalue weighted by Gasteiger charge is 2.05. The summed E-state index contributed by atoms with van der Waals surface area (Å²) in [5.41, 5.74) is 11.4. The van der Waals surface area contributed by atoms with Gasteiger partial charge in [-0.2, -0.15) is 0 Å². The van der Waals surface area contributed by atoms with E-state index in [0.29, 0.717) is 16.6 Å². The molecule has 0 saturated carbocycles. The van der Waals surface area contributed by atoms with Crippen LogP contribution in [0.1, 0.15) is 0 Å². The molecular weight excluding hydrogens is 185 g/mol. The van der Waals surface area contributed by atoms with Crippen molar-refractivity contribution < 1.29 is 4.39 Å². The molecule has 14 heavy (non-hydrogen) atoms. The SMILES string of the molecule is Nc1ccc2cc(F)c(=O)[nH]c2c1N. The van der Waals surface area contributed by atoms with Crippen molar-refractivity contribution in [2.24, 2.45) is 0 Å². The monoisotopic (exact) mass is 193 g/mol. The maximum absolute atomic E-state index is 12.9. The zero-order valence-electron chi connectivity index (χ0n) is 7.17. The summed E-state index contributed by atoms with van der Waals surface area (Å²) < 4.78 is 12.9. The van der Waals surface area contributed by atoms with Crippen LogP contribution in [-0.2, 0) is 0 Å². The molecule has 2 rings (SSSR count). The van der Waals surface area contributed by atoms with Crippen molar-refractivity contribution in [2.45, 2.75) is 0 Å². The molecule has 1 aromatic carbocycles. The van der Waals surface area contributed by atoms with Crippen molar-refractivity contribution in [2.75, 3.05) is 11.5 Å². The molecule has 0 aliphatic heterocycles. The summed E-state index contributed by atoms with van der Waals surface area (Å²) in [5.74, 6) is -0.832. The summed E-state index contributed by atoms with van der Waals surface area (Å²) in [6, 6.07) is 4.29. The van der Waals surface area contributed by atoms with Crippen LogP contribution in [-0.4, -0.2) is 4.98 Å². The van der Waals surface area contributed by atoms with Gasteiger partial charge >= 0.3 is 0 Å². The molecule has 1 aromatic heterocycles. The minimum atomic E-state index is -0.832. The maximum atomic E-state index is 12.9. The Hall–Kier alpha value is -2.04. The van der Waals surface area contributed by atoms with E-state index in [-0.39, 0.29) is 5.69 Å². The van der Waals surface area contributed by atoms with Gasteiger partial charge in [-0.3, -0.25) is 4.79 Å². The molecule has 0 aliphatic rings. The zero-order chi connectivity index (χ0) is 10.3. The summed E-state index contributed by atoms with van der Waals surface area (Å²) in [4.78, 5) is 13.3. The number of hydrogen-bond acceptors (Lipinski definition) is 3. The molecule has 1 heterocycles. The molecule has 5 N–H and O–H groups in total. The number of nitrogens with two attached hydrogens (primary N) is 2. The van der Waals surface area contributed by atoms with Crippen molar-refractivity contribution in [1.82, 2.24) is 4.98 Å². The lowest BCUT2D eigenvalue weighted by Gasteiger charge is -2.04. The topological polar surface area (TPSA) is 84.9 Å². The molecule has 0 radical (unpaired) electrons. The van der Waals surface area contributed by atoms with E-state index in [1.807, 2.05) is 0 Å². The first-order valence-corrected chi connectivity index (χ1v) is 3.96. The molecule has 72 valence electrons. The number of fused-ring (bicyclic) bond motifs is 1. The molecule has 0 unspecified atom stereocenters. The van der Waals surface area contributed by atoms with Crippen molar-refractivity contribution in [3.05, 3.63) is 34.4 Å². The summed E-state index contributed by atoms with van der Waals surface area (Å²) in [7, 11) is 0. The highest BCUT2D eigenvalue weighted by molar-refractivity contribution is 5.95. The lowest BCUT2D eigenvalue weighted by Crippen LogP contribution is -2.11. The van der Waals surface area contributed by atoms with Crippen LogP contribution in [0, 0.1) is 5.82 Å². The quantitative estimate of drug-likeness (QED) is 0.542. The second kappa shape index (κ2) is 2.73. The van der Waals surface area contributed by atoms with E-state index in [1.165, 1.54) is 0 Å². The normalized spacial score (nSPS) is 10.6. The van der Waals surface area contributed by atoms with Crippen LogP contribution in [0.3, 0.4) is 0 Å². The molecule has 0 atom stereocenters. The third kappa shape index (κ3) is 1.10. The number of hydrogen-bond donors (Lipinski definition) is 3. The summed E-state index contributed by atoms with van der Waals surface area (Å²) in [6.45, 7) is 0. The van der Waals surface area contributed by atoms with Gasteiger partial charge in [0.25, 0.3) is 5.56 Å². The standard InChI is InChI=1S/C9H8FN3O/c10-5-3-4-1-2-6(11)7(12)8(4)13-9(5)14/h1-3H,11-12H2,(H,13,14). The predicted molar refractivity (Wildman–Crippen MR) is 53.4 cm³/mol. The fourth-order valence-electron chi connectivity index (χ4n) is 1.29. The van der Waals surface area contributed by atoms with Gasteiger partial charge in [-0.1, -0.05) is 6.07 Å². The number of aromatic amines is 1. The Bertz CT molecular complexity index is 562. The van der Waals surface area contributed by atoms with E-state index in [9.17, 15) is 9.18 Å². The van der Waals surface area contributed by atoms with Gasteiger partial charge in [0.15, 0.2) is 5.82 Å². The number of benzene rings is 1. The van der Waals surface area contributed by atoms with Crippen LogP contribution in [0.2, 0.25) is 0 Å². The van der Waals surface area contributed by atoms with Crippen LogP contribution in [0.15, 0.2) is 23.0 Å². The van der Waals surface area contributed by atoms with Gasteiger partial charge in [-0.25, -0.2) is 4.39 Å². The minimum Gasteiger partial charge on any atom is -0.397 e. The van der Waals surface area contributed by atoms with E-state index in [1.54, 1.807) is 12.1 Å². The number of H-pyrrole nitrogens is 1. The average Bonchev–Trinajstić information content (AvgIpc) is 2.15. The summed E-state index contributed by atoms with van der Waals surface area (Å²) in [5, 5.41) is 0.522. The van der Waals surface area contributed by atoms with Gasteiger partial charge in [0, 0.05) is 5.39 Å². The lowest BCUT2D eigenvalue weighted by molar-refractivity contribution is 0.612. The maximum Gasteiger partial charge on any atom is 0.284 e. The second-order valence-corrected chi connectivity index (χ2v) is 2.98. The van der Waals surface area contributed by atoms with E-state index in [0.717, 1.165) is 6.07 Å². The van der Waals surface area contributed by atoms with Gasteiger partial charge in [0.1, 0.15) is 0 Å². The average molecular weight is 193 g/mol. The van der Waals surface area contributed by atoms with Gasteiger partial charge < -0.3 is 16.5 Å². The Labute approximate surface area is 78.3 Å². The number of nitrogen functional groups attached to an aromatic ring is 2. The van der Waals surface area contributed by atoms with E-state index >= 15 is 0 Å². The first kappa shape index (κ1) is 8.55. The largest absolute Gasteiger partial charge is 0.397 e. The number of rotatable bonds is 0. The number of aromatic nitrogens is 1. The Kier molecular flexibility index (Phi) is 1.67. The Morgan fingerprint density at radius 2 is 2.00 bits per heavy atom. The fourth-order valence-corrected chi connectivity index (χ4v) is 1.29. The Balaban J connectivity index is 2.97. The molecule has 0 aliphatic carbocycles. The summed E-state index contributed by atoms with van der Waals surface area (Å²) in [6.07, 6.45) is 0. The number of pyridine rings is 1. The molecule has 0 amide bonds. The molecule has 4 nitrogen and oxygen atoms in total.